The molecule has 6 heteroatoms. The molecule has 21 heavy (non-hydrogen) atoms. The van der Waals surface area contributed by atoms with Gasteiger partial charge in [0.05, 0.1) is 32.3 Å². The van der Waals surface area contributed by atoms with E-state index in [0.717, 1.165) is 26.3 Å². The highest BCUT2D eigenvalue weighted by Crippen LogP contribution is 2.25. The molecule has 1 fully saturated rings. The lowest BCUT2D eigenvalue weighted by Crippen LogP contribution is -2.44. The standard InChI is InChI=1S/C15H21N3O2S/c1-2-5-16-12-15(19)17-11-13(14-4-3-10-21-14)18-6-8-20-9-7-18/h1,3-4,10,13,16H,5-9,11-12H2,(H,17,19). The highest BCUT2D eigenvalue weighted by atomic mass is 32.1. The molecule has 1 aliphatic heterocycles. The van der Waals surface area contributed by atoms with Crippen LogP contribution in [-0.2, 0) is 9.53 Å². The Balaban J connectivity index is 1.87. The van der Waals surface area contributed by atoms with Gasteiger partial charge in [-0.2, -0.15) is 0 Å². The fourth-order valence-corrected chi connectivity index (χ4v) is 3.16. The summed E-state index contributed by atoms with van der Waals surface area (Å²) in [7, 11) is 0. The van der Waals surface area contributed by atoms with E-state index in [4.69, 9.17) is 11.2 Å². The van der Waals surface area contributed by atoms with Crippen LogP contribution in [-0.4, -0.2) is 56.7 Å². The molecular weight excluding hydrogens is 286 g/mol. The summed E-state index contributed by atoms with van der Waals surface area (Å²) in [6, 6.07) is 4.38. The smallest absolute Gasteiger partial charge is 0.234 e. The molecule has 0 aliphatic carbocycles. The van der Waals surface area contributed by atoms with Gasteiger partial charge in [-0.25, -0.2) is 0 Å². The Morgan fingerprint density at radius 3 is 3.00 bits per heavy atom. The van der Waals surface area contributed by atoms with Crippen molar-refractivity contribution < 1.29 is 9.53 Å². The maximum Gasteiger partial charge on any atom is 0.234 e. The van der Waals surface area contributed by atoms with Gasteiger partial charge in [0.1, 0.15) is 0 Å². The van der Waals surface area contributed by atoms with E-state index in [2.05, 4.69) is 32.9 Å². The Bertz CT molecular complexity index is 464. The molecule has 1 aromatic heterocycles. The Morgan fingerprint density at radius 2 is 2.33 bits per heavy atom. The van der Waals surface area contributed by atoms with Crippen molar-refractivity contribution in [2.45, 2.75) is 6.04 Å². The third-order valence-electron chi connectivity index (χ3n) is 3.36. The van der Waals surface area contributed by atoms with Crippen LogP contribution in [0.2, 0.25) is 0 Å². The van der Waals surface area contributed by atoms with E-state index in [1.807, 2.05) is 6.07 Å². The van der Waals surface area contributed by atoms with Crippen LogP contribution in [0.4, 0.5) is 0 Å². The zero-order valence-electron chi connectivity index (χ0n) is 12.0. The first-order chi connectivity index (χ1) is 10.3. The lowest BCUT2D eigenvalue weighted by atomic mass is 10.2. The number of nitrogens with zero attached hydrogens (tertiary/aromatic N) is 1. The van der Waals surface area contributed by atoms with Crippen LogP contribution in [0, 0.1) is 12.3 Å². The third kappa shape index (κ3) is 5.14. The highest BCUT2D eigenvalue weighted by molar-refractivity contribution is 7.10. The molecule has 5 nitrogen and oxygen atoms in total. The van der Waals surface area contributed by atoms with Crippen molar-refractivity contribution in [1.82, 2.24) is 15.5 Å². The van der Waals surface area contributed by atoms with Gasteiger partial charge in [-0.3, -0.25) is 15.0 Å². The minimum Gasteiger partial charge on any atom is -0.379 e. The summed E-state index contributed by atoms with van der Waals surface area (Å²) in [5.74, 6) is 2.42. The lowest BCUT2D eigenvalue weighted by molar-refractivity contribution is -0.120. The summed E-state index contributed by atoms with van der Waals surface area (Å²) in [4.78, 5) is 15.4. The van der Waals surface area contributed by atoms with Crippen LogP contribution in [0.5, 0.6) is 0 Å². The van der Waals surface area contributed by atoms with Gasteiger partial charge in [0.15, 0.2) is 0 Å². The largest absolute Gasteiger partial charge is 0.379 e. The summed E-state index contributed by atoms with van der Waals surface area (Å²) >= 11 is 1.72. The minimum absolute atomic E-state index is 0.0277. The molecular formula is C15H21N3O2S. The van der Waals surface area contributed by atoms with Crippen molar-refractivity contribution in [3.63, 3.8) is 0 Å². The summed E-state index contributed by atoms with van der Waals surface area (Å²) < 4.78 is 5.40. The predicted molar refractivity (Wildman–Crippen MR) is 84.2 cm³/mol. The van der Waals surface area contributed by atoms with Crippen LogP contribution >= 0.6 is 11.3 Å². The van der Waals surface area contributed by atoms with E-state index >= 15 is 0 Å². The van der Waals surface area contributed by atoms with Gasteiger partial charge in [0.2, 0.25) is 5.91 Å². The van der Waals surface area contributed by atoms with Gasteiger partial charge in [-0.15, -0.1) is 17.8 Å². The van der Waals surface area contributed by atoms with Gasteiger partial charge in [0, 0.05) is 24.5 Å². The van der Waals surface area contributed by atoms with E-state index in [1.54, 1.807) is 11.3 Å². The number of ether oxygens (including phenoxy) is 1. The van der Waals surface area contributed by atoms with Gasteiger partial charge >= 0.3 is 0 Å². The van der Waals surface area contributed by atoms with E-state index < -0.39 is 0 Å². The number of hydrogen-bond acceptors (Lipinski definition) is 5. The fraction of sp³-hybridized carbons (Fsp3) is 0.533. The van der Waals surface area contributed by atoms with Crippen molar-refractivity contribution in [3.05, 3.63) is 22.4 Å². The average molecular weight is 307 g/mol. The molecule has 1 aliphatic rings. The van der Waals surface area contributed by atoms with Gasteiger partial charge in [-0.05, 0) is 11.4 Å². The zero-order chi connectivity index (χ0) is 14.9. The van der Waals surface area contributed by atoms with Crippen molar-refractivity contribution >= 4 is 17.2 Å². The molecule has 1 aromatic rings. The molecule has 2 N–H and O–H groups in total. The number of nitrogens with one attached hydrogen (secondary N) is 2. The van der Waals surface area contributed by atoms with Gasteiger partial charge < -0.3 is 10.1 Å². The Morgan fingerprint density at radius 1 is 1.52 bits per heavy atom. The third-order valence-corrected chi connectivity index (χ3v) is 4.34. The quantitative estimate of drug-likeness (QED) is 0.568. The number of morpholine rings is 1. The number of thiophene rings is 1. The van der Waals surface area contributed by atoms with E-state index in [9.17, 15) is 4.79 Å². The second kappa shape index (κ2) is 8.80. The molecule has 2 rings (SSSR count). The number of rotatable bonds is 7. The Labute approximate surface area is 129 Å². The minimum atomic E-state index is -0.0277. The first kappa shape index (κ1) is 16.0. The molecule has 0 radical (unpaired) electrons. The van der Waals surface area contributed by atoms with Crippen molar-refractivity contribution in [3.8, 4) is 12.3 Å². The number of carbonyl (C=O) groups excluding carboxylic acids is 1. The highest BCUT2D eigenvalue weighted by Gasteiger charge is 2.23. The summed E-state index contributed by atoms with van der Waals surface area (Å²) in [6.45, 7) is 4.56. The molecule has 2 heterocycles. The van der Waals surface area contributed by atoms with E-state index in [0.29, 0.717) is 13.1 Å². The number of amides is 1. The van der Waals surface area contributed by atoms with E-state index in [-0.39, 0.29) is 18.5 Å². The summed E-state index contributed by atoms with van der Waals surface area (Å²) in [5, 5.41) is 7.94. The molecule has 1 atom stereocenters. The van der Waals surface area contributed by atoms with Crippen molar-refractivity contribution in [2.75, 3.05) is 45.9 Å². The molecule has 0 aromatic carbocycles. The van der Waals surface area contributed by atoms with Crippen molar-refractivity contribution in [1.29, 1.82) is 0 Å². The Kier molecular flexibility index (Phi) is 6.70. The number of terminal acetylenes is 1. The first-order valence-corrected chi connectivity index (χ1v) is 7.95. The fourth-order valence-electron chi connectivity index (χ4n) is 2.30. The van der Waals surface area contributed by atoms with E-state index in [1.165, 1.54) is 4.88 Å². The van der Waals surface area contributed by atoms with Crippen LogP contribution in [0.3, 0.4) is 0 Å². The lowest BCUT2D eigenvalue weighted by Gasteiger charge is -2.34. The predicted octanol–water partition coefficient (Wildman–Crippen LogP) is 0.460. The first-order valence-electron chi connectivity index (χ1n) is 7.07. The summed E-state index contributed by atoms with van der Waals surface area (Å²) in [6.07, 6.45) is 5.14. The average Bonchev–Trinajstić information content (AvgIpc) is 3.03. The molecule has 1 unspecified atom stereocenters. The summed E-state index contributed by atoms with van der Waals surface area (Å²) in [5.41, 5.74) is 0. The van der Waals surface area contributed by atoms with Crippen LogP contribution < -0.4 is 10.6 Å². The maximum atomic E-state index is 11.8. The molecule has 1 amide bonds. The van der Waals surface area contributed by atoms with Crippen LogP contribution in [0.1, 0.15) is 10.9 Å². The topological polar surface area (TPSA) is 53.6 Å². The maximum absolute atomic E-state index is 11.8. The normalized spacial score (nSPS) is 17.1. The van der Waals surface area contributed by atoms with Crippen LogP contribution in [0.25, 0.3) is 0 Å². The number of carbonyl (C=O) groups is 1. The zero-order valence-corrected chi connectivity index (χ0v) is 12.8. The van der Waals surface area contributed by atoms with Crippen molar-refractivity contribution in [2.24, 2.45) is 0 Å². The second-order valence-electron chi connectivity index (χ2n) is 4.79. The van der Waals surface area contributed by atoms with Crippen LogP contribution in [0.15, 0.2) is 17.5 Å². The molecule has 0 bridgehead atoms. The molecule has 114 valence electrons. The van der Waals surface area contributed by atoms with Gasteiger partial charge in [0.25, 0.3) is 0 Å². The monoisotopic (exact) mass is 307 g/mol. The molecule has 0 spiro atoms. The molecule has 0 saturated carbocycles. The SMILES string of the molecule is C#CCNCC(=O)NCC(c1cccs1)N1CCOCC1. The Hall–Kier alpha value is -1.39. The second-order valence-corrected chi connectivity index (χ2v) is 5.77. The molecule has 1 saturated heterocycles. The number of hydrogen-bond donors (Lipinski definition) is 2. The van der Waals surface area contributed by atoms with Gasteiger partial charge in [-0.1, -0.05) is 12.0 Å².